The molecule has 0 heterocycles. The van der Waals surface area contributed by atoms with Gasteiger partial charge in [0.2, 0.25) is 0 Å². The summed E-state index contributed by atoms with van der Waals surface area (Å²) in [6, 6.07) is 0. The minimum atomic E-state index is 0.591. The van der Waals surface area contributed by atoms with E-state index in [1.165, 1.54) is 4.90 Å². The van der Waals surface area contributed by atoms with Crippen molar-refractivity contribution in [2.75, 3.05) is 33.3 Å². The van der Waals surface area contributed by atoms with E-state index in [0.29, 0.717) is 12.5 Å². The molecule has 0 amide bonds. The lowest BCUT2D eigenvalue weighted by Crippen LogP contribution is -3.06. The molecule has 0 saturated heterocycles. The van der Waals surface area contributed by atoms with E-state index in [1.807, 2.05) is 14.1 Å². The summed E-state index contributed by atoms with van der Waals surface area (Å²) in [4.78, 5) is 1.29. The van der Waals surface area contributed by atoms with Gasteiger partial charge in [-0.05, 0) is 0 Å². The molecule has 2 nitrogen and oxygen atoms in total. The number of quaternary nitrogens is 1. The third-order valence-corrected chi connectivity index (χ3v) is 0.767. The first-order valence-electron chi connectivity index (χ1n) is 2.70. The first kappa shape index (κ1) is 8.21. The van der Waals surface area contributed by atoms with Crippen molar-refractivity contribution in [1.82, 2.24) is 0 Å². The average Bonchev–Trinajstić information content (AvgIpc) is 1.66. The van der Waals surface area contributed by atoms with Crippen LogP contribution in [0.5, 0.6) is 0 Å². The van der Waals surface area contributed by atoms with Gasteiger partial charge in [0, 0.05) is 5.88 Å². The molecular weight excluding hydrogens is 126 g/mol. The molecule has 8 heavy (non-hydrogen) atoms. The Bertz CT molecular complexity index is 49.7. The van der Waals surface area contributed by atoms with Gasteiger partial charge in [-0.1, -0.05) is 0 Å². The van der Waals surface area contributed by atoms with Crippen LogP contribution in [0.3, 0.4) is 0 Å². The van der Waals surface area contributed by atoms with Crippen LogP contribution in [0.15, 0.2) is 0 Å². The summed E-state index contributed by atoms with van der Waals surface area (Å²) in [5.74, 6) is 0.591. The molecule has 0 aromatic heterocycles. The summed E-state index contributed by atoms with van der Waals surface area (Å²) >= 11 is 5.35. The Balaban J connectivity index is 2.72. The normalized spacial score (nSPS) is 10.5. The highest BCUT2D eigenvalue weighted by Crippen LogP contribution is 1.72. The minimum absolute atomic E-state index is 0.591. The smallest absolute Gasteiger partial charge is 0.181 e. The molecule has 0 spiro atoms. The van der Waals surface area contributed by atoms with Crippen LogP contribution in [0.1, 0.15) is 0 Å². The SMILES string of the molecule is C[NH+](C)COCCCl. The van der Waals surface area contributed by atoms with Crippen LogP contribution in [0.2, 0.25) is 0 Å². The van der Waals surface area contributed by atoms with Gasteiger partial charge in [0.25, 0.3) is 0 Å². The van der Waals surface area contributed by atoms with Gasteiger partial charge in [-0.3, -0.25) is 0 Å². The number of ether oxygens (including phenoxy) is 1. The van der Waals surface area contributed by atoms with Crippen molar-refractivity contribution in [3.63, 3.8) is 0 Å². The zero-order valence-corrected chi connectivity index (χ0v) is 6.16. The maximum Gasteiger partial charge on any atom is 0.181 e. The average molecular weight is 139 g/mol. The van der Waals surface area contributed by atoms with Crippen LogP contribution in [0, 0.1) is 0 Å². The number of hydrogen-bond acceptors (Lipinski definition) is 1. The third kappa shape index (κ3) is 6.21. The largest absolute Gasteiger partial charge is 0.331 e. The van der Waals surface area contributed by atoms with E-state index >= 15 is 0 Å². The molecular formula is C5H13ClNO+. The molecule has 50 valence electrons. The van der Waals surface area contributed by atoms with E-state index in [2.05, 4.69) is 0 Å². The number of hydrogen-bond donors (Lipinski definition) is 1. The molecule has 0 bridgehead atoms. The maximum absolute atomic E-state index is 5.35. The third-order valence-electron chi connectivity index (χ3n) is 0.612. The van der Waals surface area contributed by atoms with Gasteiger partial charge in [0.05, 0.1) is 20.7 Å². The number of alkyl halides is 1. The Hall–Kier alpha value is 0.210. The highest BCUT2D eigenvalue weighted by Gasteiger charge is 1.88. The van der Waals surface area contributed by atoms with Crippen molar-refractivity contribution in [1.29, 1.82) is 0 Å². The van der Waals surface area contributed by atoms with E-state index in [9.17, 15) is 0 Å². The van der Waals surface area contributed by atoms with Crippen LogP contribution < -0.4 is 4.90 Å². The molecule has 0 radical (unpaired) electrons. The zero-order chi connectivity index (χ0) is 6.41. The van der Waals surface area contributed by atoms with Crippen molar-refractivity contribution < 1.29 is 9.64 Å². The molecule has 0 rings (SSSR count). The van der Waals surface area contributed by atoms with E-state index < -0.39 is 0 Å². The fraction of sp³-hybridized carbons (Fsp3) is 1.00. The summed E-state index contributed by atoms with van der Waals surface area (Å²) in [5.41, 5.74) is 0. The quantitative estimate of drug-likeness (QED) is 0.310. The Morgan fingerprint density at radius 1 is 1.50 bits per heavy atom. The summed E-state index contributed by atoms with van der Waals surface area (Å²) in [6.45, 7) is 1.40. The van der Waals surface area contributed by atoms with Gasteiger partial charge in [0.1, 0.15) is 0 Å². The lowest BCUT2D eigenvalue weighted by molar-refractivity contribution is -0.880. The number of halogens is 1. The molecule has 0 aromatic rings. The summed E-state index contributed by atoms with van der Waals surface area (Å²) in [7, 11) is 4.07. The van der Waals surface area contributed by atoms with Gasteiger partial charge < -0.3 is 9.64 Å². The van der Waals surface area contributed by atoms with Gasteiger partial charge >= 0.3 is 0 Å². The zero-order valence-electron chi connectivity index (χ0n) is 5.41. The van der Waals surface area contributed by atoms with E-state index in [0.717, 1.165) is 6.73 Å². The second-order valence-corrected chi connectivity index (χ2v) is 2.33. The molecule has 0 fully saturated rings. The molecule has 0 aromatic carbocycles. The predicted octanol–water partition coefficient (Wildman–Crippen LogP) is -0.656. The topological polar surface area (TPSA) is 13.7 Å². The van der Waals surface area contributed by atoms with Crippen molar-refractivity contribution in [2.24, 2.45) is 0 Å². The van der Waals surface area contributed by atoms with Crippen molar-refractivity contribution in [3.05, 3.63) is 0 Å². The van der Waals surface area contributed by atoms with Crippen LogP contribution >= 0.6 is 11.6 Å². The molecule has 0 aliphatic carbocycles. The maximum atomic E-state index is 5.35. The molecule has 1 N–H and O–H groups in total. The summed E-state index contributed by atoms with van der Waals surface area (Å²) in [6.07, 6.45) is 0. The van der Waals surface area contributed by atoms with Gasteiger partial charge in [0.15, 0.2) is 6.73 Å². The number of nitrogens with one attached hydrogen (secondary N) is 1. The fourth-order valence-electron chi connectivity index (χ4n) is 0.331. The number of rotatable bonds is 4. The van der Waals surface area contributed by atoms with E-state index in [-0.39, 0.29) is 0 Å². The summed E-state index contributed by atoms with van der Waals surface area (Å²) < 4.78 is 5.08. The van der Waals surface area contributed by atoms with Gasteiger partial charge in [-0.2, -0.15) is 0 Å². The van der Waals surface area contributed by atoms with Crippen LogP contribution in [-0.2, 0) is 4.74 Å². The van der Waals surface area contributed by atoms with Crippen molar-refractivity contribution >= 4 is 11.6 Å². The Morgan fingerprint density at radius 3 is 2.50 bits per heavy atom. The lowest BCUT2D eigenvalue weighted by Gasteiger charge is -2.05. The van der Waals surface area contributed by atoms with Crippen LogP contribution in [0.25, 0.3) is 0 Å². The molecule has 3 heteroatoms. The highest BCUT2D eigenvalue weighted by molar-refractivity contribution is 6.17. The highest BCUT2D eigenvalue weighted by atomic mass is 35.5. The predicted molar refractivity (Wildman–Crippen MR) is 34.3 cm³/mol. The standard InChI is InChI=1S/C5H12ClNO/c1-7(2)5-8-4-3-6/h3-5H2,1-2H3/p+1. The second-order valence-electron chi connectivity index (χ2n) is 1.95. The van der Waals surface area contributed by atoms with Crippen molar-refractivity contribution in [2.45, 2.75) is 0 Å². The molecule has 0 atom stereocenters. The summed E-state index contributed by atoms with van der Waals surface area (Å²) in [5, 5.41) is 0. The first-order valence-corrected chi connectivity index (χ1v) is 3.23. The molecule has 0 saturated carbocycles. The van der Waals surface area contributed by atoms with Crippen LogP contribution in [0.4, 0.5) is 0 Å². The van der Waals surface area contributed by atoms with Crippen LogP contribution in [-0.4, -0.2) is 33.3 Å². The van der Waals surface area contributed by atoms with Gasteiger partial charge in [-0.25, -0.2) is 0 Å². The lowest BCUT2D eigenvalue weighted by atomic mass is 10.8. The van der Waals surface area contributed by atoms with E-state index in [1.54, 1.807) is 0 Å². The minimum Gasteiger partial charge on any atom is -0.331 e. The Labute approximate surface area is 55.4 Å². The fourth-order valence-corrected chi connectivity index (χ4v) is 0.440. The molecule has 0 unspecified atom stereocenters. The van der Waals surface area contributed by atoms with Crippen molar-refractivity contribution in [3.8, 4) is 0 Å². The van der Waals surface area contributed by atoms with Gasteiger partial charge in [-0.15, -0.1) is 11.6 Å². The Morgan fingerprint density at radius 2 is 2.12 bits per heavy atom. The van der Waals surface area contributed by atoms with E-state index in [4.69, 9.17) is 16.3 Å². The first-order chi connectivity index (χ1) is 3.77. The Kier molecular flexibility index (Phi) is 5.49. The molecule has 0 aliphatic rings. The second kappa shape index (κ2) is 5.35. The monoisotopic (exact) mass is 138 g/mol. The molecule has 0 aliphatic heterocycles.